The monoisotopic (exact) mass is 349 g/mol. The molecule has 20 heavy (non-hydrogen) atoms. The van der Waals surface area contributed by atoms with Crippen molar-refractivity contribution < 1.29 is 46.6 Å². The normalized spacial score (nSPS) is 18.0. The van der Waals surface area contributed by atoms with Crippen molar-refractivity contribution in [3.8, 4) is 0 Å². The van der Waals surface area contributed by atoms with Crippen LogP contribution in [0.15, 0.2) is 0 Å². The van der Waals surface area contributed by atoms with Crippen LogP contribution >= 0.6 is 0 Å². The first kappa shape index (κ1) is 17.0. The maximum Gasteiger partial charge on any atom is 0.538 e. The molecular weight excluding hydrogens is 342 g/mol. The summed E-state index contributed by atoms with van der Waals surface area (Å²) in [6.07, 6.45) is -0.586. The molecule has 118 valence electrons. The van der Waals surface area contributed by atoms with Crippen LogP contribution in [-0.4, -0.2) is 43.6 Å². The molecule has 0 aromatic rings. The van der Waals surface area contributed by atoms with Crippen molar-refractivity contribution in [3.05, 3.63) is 0 Å². The minimum atomic E-state index is -6.74. The van der Waals surface area contributed by atoms with Crippen molar-refractivity contribution >= 4 is 25.9 Å². The van der Waals surface area contributed by atoms with Gasteiger partial charge in [0.25, 0.3) is 5.84 Å². The molecule has 1 rings (SSSR count). The fourth-order valence-electron chi connectivity index (χ4n) is 1.34. The van der Waals surface area contributed by atoms with Crippen LogP contribution in [0.4, 0.5) is 26.3 Å². The van der Waals surface area contributed by atoms with Crippen LogP contribution in [0.25, 0.3) is 0 Å². The van der Waals surface area contributed by atoms with Crippen molar-refractivity contribution in [2.45, 2.75) is 23.9 Å². The molecule has 0 amide bonds. The number of rotatable bonds is 2. The number of amidine groups is 1. The molecule has 0 aromatic heterocycles. The zero-order valence-electron chi connectivity index (χ0n) is 9.29. The molecule has 0 aromatic carbocycles. The number of alkyl halides is 6. The van der Waals surface area contributed by atoms with Gasteiger partial charge in [0.15, 0.2) is 0 Å². The molecule has 1 saturated heterocycles. The lowest BCUT2D eigenvalue weighted by atomic mass is 10.4. The lowest BCUT2D eigenvalue weighted by Gasteiger charge is -2.13. The minimum absolute atomic E-state index is 0.00735. The Hall–Kier alpha value is -1.05. The summed E-state index contributed by atoms with van der Waals surface area (Å²) in [7, 11) is -13.5. The molecule has 1 aliphatic heterocycles. The second kappa shape index (κ2) is 4.75. The van der Waals surface area contributed by atoms with Gasteiger partial charge in [-0.2, -0.15) is 43.2 Å². The molecule has 14 heteroatoms. The van der Waals surface area contributed by atoms with Crippen molar-refractivity contribution in [2.75, 3.05) is 6.54 Å². The van der Waals surface area contributed by atoms with E-state index >= 15 is 0 Å². The summed E-state index contributed by atoms with van der Waals surface area (Å²) in [4.78, 5) is 0. The smallest absolute Gasteiger partial charge is 0.276 e. The second-order valence-corrected chi connectivity index (χ2v) is 7.36. The number of hydrogen-bond donors (Lipinski definition) is 1. The zero-order valence-corrected chi connectivity index (χ0v) is 10.9. The SMILES string of the molecule is O=S(=O)([N+](=C1CCCN1)S(=O)(=O)C(F)(F)F)C(F)(F)F. The summed E-state index contributed by atoms with van der Waals surface area (Å²) in [5, 5.41) is 1.90. The molecule has 0 unspecified atom stereocenters. The molecule has 0 saturated carbocycles. The average molecular weight is 349 g/mol. The number of sulfonamides is 2. The Kier molecular flexibility index (Phi) is 4.04. The Labute approximate surface area is 109 Å². The molecule has 0 aliphatic carbocycles. The second-order valence-electron chi connectivity index (χ2n) is 3.58. The highest BCUT2D eigenvalue weighted by Crippen LogP contribution is 2.32. The first-order valence-corrected chi connectivity index (χ1v) is 7.63. The quantitative estimate of drug-likeness (QED) is 0.579. The molecule has 0 radical (unpaired) electrons. The van der Waals surface area contributed by atoms with Gasteiger partial charge >= 0.3 is 31.1 Å². The molecule has 0 bridgehead atoms. The summed E-state index contributed by atoms with van der Waals surface area (Å²) >= 11 is 0. The Bertz CT molecular complexity index is 575. The van der Waals surface area contributed by atoms with E-state index in [1.54, 1.807) is 0 Å². The van der Waals surface area contributed by atoms with E-state index in [1.807, 2.05) is 5.32 Å². The van der Waals surface area contributed by atoms with E-state index < -0.39 is 46.7 Å². The first-order valence-electron chi connectivity index (χ1n) is 4.75. The Morgan fingerprint density at radius 1 is 0.900 bits per heavy atom. The third-order valence-electron chi connectivity index (χ3n) is 2.16. The summed E-state index contributed by atoms with van der Waals surface area (Å²) in [5.74, 6) is -1.18. The van der Waals surface area contributed by atoms with E-state index in [1.165, 1.54) is 0 Å². The van der Waals surface area contributed by atoms with Gasteiger partial charge in [-0.05, 0) is 9.81 Å². The maximum absolute atomic E-state index is 12.4. The number of nitrogens with zero attached hydrogens (tertiary/aromatic N) is 1. The van der Waals surface area contributed by atoms with E-state index in [-0.39, 0.29) is 13.0 Å². The molecule has 1 heterocycles. The summed E-state index contributed by atoms with van der Waals surface area (Å²) in [6.45, 7) is -0.146. The standard InChI is InChI=1S/C6H6F6N2O4S2/c7-5(8,9)19(15,16)14(4-2-1-3-13-4)20(17,18)6(10,11)12/h1-3H2/p+1. The molecule has 1 aliphatic rings. The van der Waals surface area contributed by atoms with E-state index in [0.29, 0.717) is 0 Å². The lowest BCUT2D eigenvalue weighted by molar-refractivity contribution is -0.235. The third-order valence-corrected chi connectivity index (χ3v) is 5.82. The van der Waals surface area contributed by atoms with Gasteiger partial charge in [0.1, 0.15) is 0 Å². The average Bonchev–Trinajstić information content (AvgIpc) is 2.66. The van der Waals surface area contributed by atoms with E-state index in [4.69, 9.17) is 0 Å². The van der Waals surface area contributed by atoms with E-state index in [9.17, 15) is 43.2 Å². The Morgan fingerprint density at radius 3 is 1.55 bits per heavy atom. The van der Waals surface area contributed by atoms with Crippen LogP contribution in [0.5, 0.6) is 0 Å². The first-order chi connectivity index (χ1) is 8.73. The van der Waals surface area contributed by atoms with Crippen molar-refractivity contribution in [2.24, 2.45) is 0 Å². The van der Waals surface area contributed by atoms with Crippen LogP contribution in [0.1, 0.15) is 12.8 Å². The van der Waals surface area contributed by atoms with Crippen molar-refractivity contribution in [1.82, 2.24) is 5.32 Å². The number of halogens is 6. The van der Waals surface area contributed by atoms with Gasteiger partial charge in [0.05, 0.1) is 13.0 Å². The Morgan fingerprint density at radius 2 is 1.30 bits per heavy atom. The predicted molar refractivity (Wildman–Crippen MR) is 52.5 cm³/mol. The van der Waals surface area contributed by atoms with Crippen LogP contribution in [-0.2, 0) is 20.0 Å². The fraction of sp³-hybridized carbons (Fsp3) is 0.833. The van der Waals surface area contributed by atoms with Gasteiger partial charge in [-0.15, -0.1) is 0 Å². The molecule has 0 atom stereocenters. The molecule has 1 N–H and O–H groups in total. The molecule has 1 fully saturated rings. The van der Waals surface area contributed by atoms with Gasteiger partial charge in [0, 0.05) is 0 Å². The predicted octanol–water partition coefficient (Wildman–Crippen LogP) is 0.480. The summed E-state index contributed by atoms with van der Waals surface area (Å²) in [6, 6.07) is 0. The van der Waals surface area contributed by atoms with Crippen LogP contribution < -0.4 is 5.32 Å². The maximum atomic E-state index is 12.4. The lowest BCUT2D eigenvalue weighted by Crippen LogP contribution is -2.48. The van der Waals surface area contributed by atoms with E-state index in [0.717, 1.165) is 0 Å². The van der Waals surface area contributed by atoms with Crippen LogP contribution in [0.2, 0.25) is 0 Å². The number of hydrogen-bond acceptors (Lipinski definition) is 4. The topological polar surface area (TPSA) is 83.3 Å². The Balaban J connectivity index is 3.71. The van der Waals surface area contributed by atoms with Crippen molar-refractivity contribution in [1.29, 1.82) is 0 Å². The van der Waals surface area contributed by atoms with Crippen LogP contribution in [0.3, 0.4) is 0 Å². The van der Waals surface area contributed by atoms with E-state index in [2.05, 4.69) is 0 Å². The van der Waals surface area contributed by atoms with Gasteiger partial charge in [-0.3, -0.25) is 5.32 Å². The zero-order chi connectivity index (χ0) is 16.0. The van der Waals surface area contributed by atoms with Gasteiger partial charge < -0.3 is 0 Å². The highest BCUT2D eigenvalue weighted by atomic mass is 32.3. The van der Waals surface area contributed by atoms with Gasteiger partial charge in [0.2, 0.25) is 0 Å². The number of nitrogens with one attached hydrogen (secondary N) is 1. The third kappa shape index (κ3) is 2.70. The molecular formula is C6H7F6N2O4S2+. The van der Waals surface area contributed by atoms with Crippen LogP contribution in [0, 0.1) is 0 Å². The van der Waals surface area contributed by atoms with Crippen molar-refractivity contribution in [3.63, 3.8) is 0 Å². The molecule has 0 spiro atoms. The van der Waals surface area contributed by atoms with Gasteiger partial charge in [-0.25, -0.2) is 0 Å². The minimum Gasteiger partial charge on any atom is -0.276 e. The highest BCUT2D eigenvalue weighted by Gasteiger charge is 2.64. The fourth-order valence-corrected chi connectivity index (χ4v) is 4.15. The largest absolute Gasteiger partial charge is 0.538 e. The highest BCUT2D eigenvalue weighted by molar-refractivity contribution is 7.98. The molecule has 6 nitrogen and oxygen atoms in total. The van der Waals surface area contributed by atoms with Gasteiger partial charge in [-0.1, -0.05) is 0 Å². The summed E-state index contributed by atoms with van der Waals surface area (Å²) in [5.41, 5.74) is -12.4. The summed E-state index contributed by atoms with van der Waals surface area (Å²) < 4.78 is 117.